The molecule has 0 N–H and O–H groups in total. The van der Waals surface area contributed by atoms with Crippen LogP contribution in [0.3, 0.4) is 0 Å². The molecule has 1 aromatic rings. The van der Waals surface area contributed by atoms with Crippen molar-refractivity contribution in [2.45, 2.75) is 31.8 Å². The van der Waals surface area contributed by atoms with E-state index in [0.717, 1.165) is 25.0 Å². The van der Waals surface area contributed by atoms with Gasteiger partial charge in [-0.1, -0.05) is 6.42 Å². The number of hydrogen-bond donors (Lipinski definition) is 0. The Bertz CT molecular complexity index is 311. The Kier molecular flexibility index (Phi) is 4.50. The maximum atomic E-state index is 5.85. The van der Waals surface area contributed by atoms with Crippen LogP contribution >= 0.6 is 38.9 Å². The van der Waals surface area contributed by atoms with Gasteiger partial charge in [-0.15, -0.1) is 22.9 Å². The Balaban J connectivity index is 1.93. The summed E-state index contributed by atoms with van der Waals surface area (Å²) in [6.07, 6.45) is 4.09. The predicted octanol–water partition coefficient (Wildman–Crippen LogP) is 4.10. The van der Waals surface area contributed by atoms with Crippen molar-refractivity contribution in [3.05, 3.63) is 20.8 Å². The summed E-state index contributed by atoms with van der Waals surface area (Å²) in [6.45, 7) is 2.08. The van der Waals surface area contributed by atoms with Gasteiger partial charge in [0.25, 0.3) is 0 Å². The van der Waals surface area contributed by atoms with Crippen LogP contribution in [0.2, 0.25) is 0 Å². The monoisotopic (exact) mass is 307 g/mol. The third-order valence-electron chi connectivity index (χ3n) is 2.95. The molecule has 1 saturated carbocycles. The first-order valence-electron chi connectivity index (χ1n) is 5.34. The van der Waals surface area contributed by atoms with E-state index in [2.05, 4.69) is 33.0 Å². The summed E-state index contributed by atoms with van der Waals surface area (Å²) < 4.78 is 1.22. The largest absolute Gasteiger partial charge is 0.294 e. The average Bonchev–Trinajstić information content (AvgIpc) is 2.48. The molecule has 84 valence electrons. The molecule has 1 heterocycles. The molecule has 15 heavy (non-hydrogen) atoms. The quantitative estimate of drug-likeness (QED) is 0.740. The second-order valence-electron chi connectivity index (χ2n) is 3.95. The maximum Gasteiger partial charge on any atom is 0.0701 e. The van der Waals surface area contributed by atoms with E-state index in [1.807, 2.05) is 11.3 Å². The Hall–Kier alpha value is 0.430. The van der Waals surface area contributed by atoms with Gasteiger partial charge in [0.05, 0.1) is 3.79 Å². The van der Waals surface area contributed by atoms with Crippen molar-refractivity contribution in [1.82, 2.24) is 4.90 Å². The molecule has 0 aromatic carbocycles. The minimum absolute atomic E-state index is 0.739. The van der Waals surface area contributed by atoms with Crippen molar-refractivity contribution in [3.63, 3.8) is 0 Å². The molecule has 1 aliphatic carbocycles. The smallest absolute Gasteiger partial charge is 0.0701 e. The van der Waals surface area contributed by atoms with Crippen molar-refractivity contribution in [2.24, 2.45) is 0 Å². The van der Waals surface area contributed by atoms with Gasteiger partial charge < -0.3 is 0 Å². The van der Waals surface area contributed by atoms with E-state index < -0.39 is 0 Å². The zero-order valence-corrected chi connectivity index (χ0v) is 11.7. The first-order chi connectivity index (χ1) is 7.29. The molecule has 1 aliphatic rings. The summed E-state index contributed by atoms with van der Waals surface area (Å²) in [4.78, 5) is 3.95. The van der Waals surface area contributed by atoms with E-state index in [9.17, 15) is 0 Å². The Morgan fingerprint density at radius 3 is 2.73 bits per heavy atom. The van der Waals surface area contributed by atoms with Gasteiger partial charge >= 0.3 is 0 Å². The van der Waals surface area contributed by atoms with Crippen LogP contribution in [-0.4, -0.2) is 23.4 Å². The van der Waals surface area contributed by atoms with Gasteiger partial charge in [-0.3, -0.25) is 4.90 Å². The van der Waals surface area contributed by atoms with E-state index in [4.69, 9.17) is 11.6 Å². The molecule has 0 spiro atoms. The molecule has 1 nitrogen and oxygen atoms in total. The van der Waals surface area contributed by atoms with Crippen LogP contribution < -0.4 is 0 Å². The first-order valence-corrected chi connectivity index (χ1v) is 7.48. The van der Waals surface area contributed by atoms with Crippen LogP contribution in [0.4, 0.5) is 0 Å². The third kappa shape index (κ3) is 3.19. The molecule has 0 amide bonds. The SMILES string of the molecule is ClCCN(Cc1ccc(Br)s1)C1CCC1. The fourth-order valence-corrected chi connectivity index (χ4v) is 3.61. The van der Waals surface area contributed by atoms with E-state index in [1.54, 1.807) is 0 Å². The minimum Gasteiger partial charge on any atom is -0.294 e. The lowest BCUT2D eigenvalue weighted by Gasteiger charge is -2.37. The third-order valence-corrected chi connectivity index (χ3v) is 4.73. The fourth-order valence-electron chi connectivity index (χ4n) is 1.89. The summed E-state index contributed by atoms with van der Waals surface area (Å²) in [5, 5.41) is 0. The molecule has 1 aromatic heterocycles. The van der Waals surface area contributed by atoms with Crippen LogP contribution in [0.25, 0.3) is 0 Å². The van der Waals surface area contributed by atoms with Crippen molar-refractivity contribution in [2.75, 3.05) is 12.4 Å². The van der Waals surface area contributed by atoms with Crippen molar-refractivity contribution < 1.29 is 0 Å². The number of hydrogen-bond acceptors (Lipinski definition) is 2. The molecule has 4 heteroatoms. The molecule has 0 bridgehead atoms. The summed E-state index contributed by atoms with van der Waals surface area (Å²) in [5.41, 5.74) is 0. The number of thiophene rings is 1. The highest BCUT2D eigenvalue weighted by atomic mass is 79.9. The summed E-state index contributed by atoms with van der Waals surface area (Å²) in [7, 11) is 0. The number of nitrogens with zero attached hydrogens (tertiary/aromatic N) is 1. The van der Waals surface area contributed by atoms with Crippen molar-refractivity contribution >= 4 is 38.9 Å². The van der Waals surface area contributed by atoms with Crippen LogP contribution in [0.1, 0.15) is 24.1 Å². The van der Waals surface area contributed by atoms with Crippen LogP contribution in [-0.2, 0) is 6.54 Å². The lowest BCUT2D eigenvalue weighted by atomic mass is 9.91. The number of rotatable bonds is 5. The molecule has 0 aliphatic heterocycles. The summed E-state index contributed by atoms with van der Waals surface area (Å²) >= 11 is 11.2. The van der Waals surface area contributed by atoms with Gasteiger partial charge in [0.15, 0.2) is 0 Å². The molecular weight excluding hydrogens is 294 g/mol. The fraction of sp³-hybridized carbons (Fsp3) is 0.636. The minimum atomic E-state index is 0.739. The molecule has 1 fully saturated rings. The second kappa shape index (κ2) is 5.67. The molecular formula is C11H15BrClNS. The number of halogens is 2. The zero-order chi connectivity index (χ0) is 10.7. The van der Waals surface area contributed by atoms with Gasteiger partial charge in [-0.2, -0.15) is 0 Å². The van der Waals surface area contributed by atoms with E-state index in [-0.39, 0.29) is 0 Å². The summed E-state index contributed by atoms with van der Waals surface area (Å²) in [6, 6.07) is 5.11. The Morgan fingerprint density at radius 1 is 1.47 bits per heavy atom. The van der Waals surface area contributed by atoms with Crippen LogP contribution in [0.15, 0.2) is 15.9 Å². The van der Waals surface area contributed by atoms with Gasteiger partial charge in [0.2, 0.25) is 0 Å². The van der Waals surface area contributed by atoms with Gasteiger partial charge in [-0.05, 0) is 40.9 Å². The highest BCUT2D eigenvalue weighted by Crippen LogP contribution is 2.29. The van der Waals surface area contributed by atoms with Gasteiger partial charge in [-0.25, -0.2) is 0 Å². The first kappa shape index (κ1) is 11.9. The number of alkyl halides is 1. The lowest BCUT2D eigenvalue weighted by molar-refractivity contribution is 0.128. The van der Waals surface area contributed by atoms with E-state index >= 15 is 0 Å². The Labute approximate surface area is 109 Å². The standard InChI is InChI=1S/C11H15BrClNS/c12-11-5-4-10(15-11)8-14(7-6-13)9-2-1-3-9/h4-5,9H,1-3,6-8H2. The van der Waals surface area contributed by atoms with E-state index in [0.29, 0.717) is 0 Å². The molecule has 0 atom stereocenters. The van der Waals surface area contributed by atoms with Crippen molar-refractivity contribution in [1.29, 1.82) is 0 Å². The lowest BCUT2D eigenvalue weighted by Crippen LogP contribution is -2.40. The normalized spacial score (nSPS) is 17.0. The highest BCUT2D eigenvalue weighted by Gasteiger charge is 2.24. The topological polar surface area (TPSA) is 3.24 Å². The molecule has 0 saturated heterocycles. The Morgan fingerprint density at radius 2 is 2.27 bits per heavy atom. The highest BCUT2D eigenvalue weighted by molar-refractivity contribution is 9.11. The molecule has 2 rings (SSSR count). The predicted molar refractivity (Wildman–Crippen MR) is 70.8 cm³/mol. The maximum absolute atomic E-state index is 5.85. The second-order valence-corrected chi connectivity index (χ2v) is 6.88. The van der Waals surface area contributed by atoms with Gasteiger partial charge in [0, 0.05) is 29.9 Å². The molecule has 0 radical (unpaired) electrons. The molecule has 0 unspecified atom stereocenters. The average molecular weight is 309 g/mol. The zero-order valence-electron chi connectivity index (χ0n) is 8.59. The summed E-state index contributed by atoms with van der Waals surface area (Å²) in [5.74, 6) is 0.739. The van der Waals surface area contributed by atoms with E-state index in [1.165, 1.54) is 27.9 Å². The van der Waals surface area contributed by atoms with Crippen LogP contribution in [0, 0.1) is 0 Å². The van der Waals surface area contributed by atoms with Crippen molar-refractivity contribution in [3.8, 4) is 0 Å². The van der Waals surface area contributed by atoms with Crippen LogP contribution in [0.5, 0.6) is 0 Å². The van der Waals surface area contributed by atoms with Gasteiger partial charge in [0.1, 0.15) is 0 Å².